The largest absolute Gasteiger partial charge is 0.431 e. The number of carbonyl (C=O) groups is 1. The van der Waals surface area contributed by atoms with Crippen molar-refractivity contribution in [2.45, 2.75) is 31.5 Å². The van der Waals surface area contributed by atoms with E-state index in [2.05, 4.69) is 4.98 Å². The van der Waals surface area contributed by atoms with Gasteiger partial charge in [-0.05, 0) is 36.6 Å². The van der Waals surface area contributed by atoms with E-state index in [0.29, 0.717) is 29.5 Å². The maximum Gasteiger partial charge on any atom is 0.256 e. The smallest absolute Gasteiger partial charge is 0.256 e. The van der Waals surface area contributed by atoms with Gasteiger partial charge in [-0.1, -0.05) is 25.6 Å². The highest BCUT2D eigenvalue weighted by atomic mass is 32.2. The van der Waals surface area contributed by atoms with Gasteiger partial charge in [-0.25, -0.2) is 17.8 Å². The van der Waals surface area contributed by atoms with Crippen LogP contribution >= 0.6 is 11.8 Å². The van der Waals surface area contributed by atoms with Gasteiger partial charge in [-0.15, -0.1) is 0 Å². The third kappa shape index (κ3) is 5.35. The van der Waals surface area contributed by atoms with E-state index >= 15 is 0 Å². The van der Waals surface area contributed by atoms with Gasteiger partial charge in [0.1, 0.15) is 5.82 Å². The minimum absolute atomic E-state index is 0.0316. The van der Waals surface area contributed by atoms with Crippen molar-refractivity contribution < 1.29 is 22.0 Å². The molecule has 1 aliphatic rings. The van der Waals surface area contributed by atoms with Gasteiger partial charge in [0.25, 0.3) is 5.22 Å². The molecule has 1 aromatic carbocycles. The zero-order valence-corrected chi connectivity index (χ0v) is 17.4. The second-order valence-electron chi connectivity index (χ2n) is 7.28. The fraction of sp³-hybridized carbons (Fsp3) is 0.474. The van der Waals surface area contributed by atoms with E-state index in [1.54, 1.807) is 17.0 Å². The zero-order valence-electron chi connectivity index (χ0n) is 15.8. The highest BCUT2D eigenvalue weighted by Gasteiger charge is 2.34. The van der Waals surface area contributed by atoms with Crippen LogP contribution in [0.5, 0.6) is 0 Å². The molecule has 1 unspecified atom stereocenters. The molecule has 0 N–H and O–H groups in total. The number of nitrogens with zero attached hydrogens (tertiary/aromatic N) is 2. The van der Waals surface area contributed by atoms with Gasteiger partial charge in [-0.2, -0.15) is 0 Å². The molecule has 2 aromatic rings. The Kier molecular flexibility index (Phi) is 6.44. The number of thioether (sulfide) groups is 1. The summed E-state index contributed by atoms with van der Waals surface area (Å²) in [6, 6.07) is 5.61. The first-order valence-corrected chi connectivity index (χ1v) is 11.9. The molecule has 9 heteroatoms. The molecular weight excluding hydrogens is 403 g/mol. The molecule has 1 atom stereocenters. The molecule has 1 aliphatic heterocycles. The lowest BCUT2D eigenvalue weighted by Gasteiger charge is -2.29. The second kappa shape index (κ2) is 8.65. The maximum atomic E-state index is 13.0. The van der Waals surface area contributed by atoms with E-state index in [9.17, 15) is 17.6 Å². The molecule has 0 saturated carbocycles. The van der Waals surface area contributed by atoms with Crippen molar-refractivity contribution in [2.24, 2.45) is 5.92 Å². The highest BCUT2D eigenvalue weighted by molar-refractivity contribution is 7.99. The lowest BCUT2D eigenvalue weighted by Crippen LogP contribution is -2.44. The predicted octanol–water partition coefficient (Wildman–Crippen LogP) is 3.24. The van der Waals surface area contributed by atoms with Gasteiger partial charge >= 0.3 is 0 Å². The van der Waals surface area contributed by atoms with Gasteiger partial charge in [0, 0.05) is 18.2 Å². The third-order valence-electron chi connectivity index (χ3n) is 4.46. The van der Waals surface area contributed by atoms with Crippen LogP contribution in [-0.2, 0) is 14.6 Å². The third-order valence-corrected chi connectivity index (χ3v) is 7.04. The highest BCUT2D eigenvalue weighted by Crippen LogP contribution is 2.27. The average molecular weight is 427 g/mol. The minimum Gasteiger partial charge on any atom is -0.431 e. The van der Waals surface area contributed by atoms with E-state index in [0.717, 1.165) is 0 Å². The molecule has 28 heavy (non-hydrogen) atoms. The van der Waals surface area contributed by atoms with E-state index < -0.39 is 9.84 Å². The van der Waals surface area contributed by atoms with Crippen LogP contribution in [0, 0.1) is 11.7 Å². The summed E-state index contributed by atoms with van der Waals surface area (Å²) in [7, 11) is -3.07. The van der Waals surface area contributed by atoms with E-state index in [1.165, 1.54) is 30.1 Å². The molecule has 3 rings (SSSR count). The van der Waals surface area contributed by atoms with Crippen LogP contribution in [0.3, 0.4) is 0 Å². The van der Waals surface area contributed by atoms with Crippen LogP contribution in [0.4, 0.5) is 4.39 Å². The summed E-state index contributed by atoms with van der Waals surface area (Å²) in [6.07, 6.45) is 2.02. The van der Waals surface area contributed by atoms with Crippen molar-refractivity contribution in [1.29, 1.82) is 0 Å². The second-order valence-corrected chi connectivity index (χ2v) is 10.4. The van der Waals surface area contributed by atoms with Crippen LogP contribution in [0.15, 0.2) is 40.1 Å². The normalized spacial score (nSPS) is 18.5. The molecule has 2 heterocycles. The molecule has 1 aromatic heterocycles. The SMILES string of the molecule is CC(C)CN(C(=O)CSc1ncc(-c2ccc(F)cc2)o1)C1CCS(=O)(=O)C1. The van der Waals surface area contributed by atoms with Crippen molar-refractivity contribution in [3.63, 3.8) is 0 Å². The molecule has 0 aliphatic carbocycles. The van der Waals surface area contributed by atoms with Crippen molar-refractivity contribution >= 4 is 27.5 Å². The number of sulfone groups is 1. The monoisotopic (exact) mass is 426 g/mol. The summed E-state index contributed by atoms with van der Waals surface area (Å²) in [5.41, 5.74) is 0.699. The fourth-order valence-corrected chi connectivity index (χ4v) is 5.57. The number of halogens is 1. The van der Waals surface area contributed by atoms with Gasteiger partial charge in [-0.3, -0.25) is 4.79 Å². The van der Waals surface area contributed by atoms with Gasteiger partial charge in [0.2, 0.25) is 5.91 Å². The Balaban J connectivity index is 1.63. The Morgan fingerprint density at radius 1 is 1.36 bits per heavy atom. The van der Waals surface area contributed by atoms with Crippen LogP contribution < -0.4 is 0 Å². The Labute approximate surface area is 168 Å². The lowest BCUT2D eigenvalue weighted by molar-refractivity contribution is -0.130. The maximum absolute atomic E-state index is 13.0. The molecular formula is C19H23FN2O4S2. The average Bonchev–Trinajstić information content (AvgIpc) is 3.24. The molecule has 1 amide bonds. The van der Waals surface area contributed by atoms with Gasteiger partial charge in [0.05, 0.1) is 23.5 Å². The number of carbonyl (C=O) groups excluding carboxylic acids is 1. The van der Waals surface area contributed by atoms with E-state index in [4.69, 9.17) is 4.42 Å². The summed E-state index contributed by atoms with van der Waals surface area (Å²) in [5.74, 6) is 0.564. The molecule has 6 nitrogen and oxygen atoms in total. The number of benzene rings is 1. The zero-order chi connectivity index (χ0) is 20.3. The summed E-state index contributed by atoms with van der Waals surface area (Å²) in [4.78, 5) is 18.6. The number of rotatable bonds is 7. The lowest BCUT2D eigenvalue weighted by atomic mass is 10.1. The van der Waals surface area contributed by atoms with Gasteiger partial charge < -0.3 is 9.32 Å². The van der Waals surface area contributed by atoms with Crippen LogP contribution in [0.25, 0.3) is 11.3 Å². The Hall–Kier alpha value is -1.87. The van der Waals surface area contributed by atoms with Crippen molar-refractivity contribution in [1.82, 2.24) is 9.88 Å². The van der Waals surface area contributed by atoms with Crippen molar-refractivity contribution in [3.05, 3.63) is 36.3 Å². The molecule has 152 valence electrons. The summed E-state index contributed by atoms with van der Waals surface area (Å²) in [6.45, 7) is 4.52. The molecule has 0 spiro atoms. The minimum atomic E-state index is -3.07. The van der Waals surface area contributed by atoms with E-state index in [1.807, 2.05) is 13.8 Å². The standard InChI is InChI=1S/C19H23FN2O4S2/c1-13(2)10-22(16-7-8-28(24,25)12-16)18(23)11-27-19-21-9-17(26-19)14-3-5-15(20)6-4-14/h3-6,9,13,16H,7-8,10-12H2,1-2H3. The number of hydrogen-bond acceptors (Lipinski definition) is 6. The first kappa shape index (κ1) is 20.9. The predicted molar refractivity (Wildman–Crippen MR) is 106 cm³/mol. The molecule has 0 radical (unpaired) electrons. The fourth-order valence-electron chi connectivity index (χ4n) is 3.15. The van der Waals surface area contributed by atoms with E-state index in [-0.39, 0.29) is 40.9 Å². The quantitative estimate of drug-likeness (QED) is 0.633. The molecule has 1 fully saturated rings. The Bertz CT molecular complexity index is 926. The van der Waals surface area contributed by atoms with Crippen molar-refractivity contribution in [2.75, 3.05) is 23.8 Å². The number of aromatic nitrogens is 1. The topological polar surface area (TPSA) is 80.5 Å². The molecule has 1 saturated heterocycles. The van der Waals surface area contributed by atoms with Crippen LogP contribution in [0.2, 0.25) is 0 Å². The number of amides is 1. The summed E-state index contributed by atoms with van der Waals surface area (Å²) in [5, 5.41) is 0.344. The Morgan fingerprint density at radius 2 is 2.07 bits per heavy atom. The first-order chi connectivity index (χ1) is 13.2. The number of hydrogen-bond donors (Lipinski definition) is 0. The van der Waals surface area contributed by atoms with Crippen molar-refractivity contribution in [3.8, 4) is 11.3 Å². The first-order valence-electron chi connectivity index (χ1n) is 9.08. The number of oxazole rings is 1. The molecule has 0 bridgehead atoms. The summed E-state index contributed by atoms with van der Waals surface area (Å²) < 4.78 is 42.3. The van der Waals surface area contributed by atoms with Gasteiger partial charge in [0.15, 0.2) is 15.6 Å². The van der Waals surface area contributed by atoms with Crippen LogP contribution in [-0.4, -0.2) is 54.1 Å². The van der Waals surface area contributed by atoms with Crippen LogP contribution in [0.1, 0.15) is 20.3 Å². The Morgan fingerprint density at radius 3 is 2.68 bits per heavy atom. The summed E-state index contributed by atoms with van der Waals surface area (Å²) >= 11 is 1.17.